The summed E-state index contributed by atoms with van der Waals surface area (Å²) in [4.78, 5) is 31.4. The van der Waals surface area contributed by atoms with Crippen molar-refractivity contribution in [3.8, 4) is 11.5 Å². The maximum absolute atomic E-state index is 12.8. The first-order chi connectivity index (χ1) is 15.0. The lowest BCUT2D eigenvalue weighted by Crippen LogP contribution is -2.64. The van der Waals surface area contributed by atoms with Gasteiger partial charge in [0.05, 0.1) is 7.11 Å². The molecule has 2 atom stereocenters. The molecular weight excluding hydrogens is 416 g/mol. The fourth-order valence-corrected chi connectivity index (χ4v) is 4.73. The molecule has 2 heterocycles. The number of β-lactam (4-membered cyclic amide) rings is 1. The molecule has 8 heteroatoms. The molecule has 0 radical (unpaired) electrons. The van der Waals surface area contributed by atoms with Crippen LogP contribution in [-0.4, -0.2) is 52.4 Å². The highest BCUT2D eigenvalue weighted by molar-refractivity contribution is 8.00. The van der Waals surface area contributed by atoms with Crippen LogP contribution in [0.3, 0.4) is 0 Å². The van der Waals surface area contributed by atoms with Gasteiger partial charge in [-0.15, -0.1) is 11.8 Å². The number of phenols is 1. The second kappa shape index (κ2) is 8.85. The van der Waals surface area contributed by atoms with E-state index in [1.807, 2.05) is 19.1 Å². The standard InChI is InChI=1S/C23H22N2O5S/c1-14-13-31-22-19(24-11-16-5-3-4-6-18(16)26)21(27)25(22)20(14)23(28)30-12-15-7-9-17(29-2)10-8-15/h3-11,19,22,26H,12-13H2,1-2H3/b24-11-/t19-,22?/m1/s1. The SMILES string of the molecule is COc1ccc(COC(=O)C2=C(C)CSC3[C@H](/N=C\c4ccccc4O)C(=O)N23)cc1. The van der Waals surface area contributed by atoms with Crippen molar-refractivity contribution in [3.63, 3.8) is 0 Å². The van der Waals surface area contributed by atoms with Crippen molar-refractivity contribution in [3.05, 3.63) is 70.9 Å². The molecule has 160 valence electrons. The van der Waals surface area contributed by atoms with Crippen LogP contribution >= 0.6 is 11.8 Å². The second-order valence-electron chi connectivity index (χ2n) is 7.24. The highest BCUT2D eigenvalue weighted by Crippen LogP contribution is 2.42. The Morgan fingerprint density at radius 3 is 2.71 bits per heavy atom. The number of amides is 1. The zero-order valence-electron chi connectivity index (χ0n) is 17.1. The van der Waals surface area contributed by atoms with E-state index in [-0.39, 0.29) is 23.6 Å². The molecule has 1 saturated heterocycles. The van der Waals surface area contributed by atoms with Crippen LogP contribution in [0.2, 0.25) is 0 Å². The van der Waals surface area contributed by atoms with Crippen LogP contribution in [0.25, 0.3) is 0 Å². The molecule has 1 N–H and O–H groups in total. The fourth-order valence-electron chi connectivity index (χ4n) is 3.44. The predicted molar refractivity (Wildman–Crippen MR) is 118 cm³/mol. The van der Waals surface area contributed by atoms with E-state index in [0.717, 1.165) is 16.9 Å². The van der Waals surface area contributed by atoms with Crippen LogP contribution in [0.4, 0.5) is 0 Å². The summed E-state index contributed by atoms with van der Waals surface area (Å²) in [6, 6.07) is 13.4. The number of ether oxygens (including phenoxy) is 2. The van der Waals surface area contributed by atoms with Gasteiger partial charge in [0.2, 0.25) is 0 Å². The summed E-state index contributed by atoms with van der Waals surface area (Å²) in [5.41, 5.74) is 2.48. The third kappa shape index (κ3) is 4.16. The van der Waals surface area contributed by atoms with Gasteiger partial charge in [0.15, 0.2) is 6.04 Å². The van der Waals surface area contributed by atoms with E-state index in [1.165, 1.54) is 11.1 Å². The van der Waals surface area contributed by atoms with Gasteiger partial charge in [0.1, 0.15) is 29.2 Å². The van der Waals surface area contributed by atoms with Crippen molar-refractivity contribution in [2.45, 2.75) is 24.9 Å². The minimum atomic E-state index is -0.595. The maximum Gasteiger partial charge on any atom is 0.355 e. The lowest BCUT2D eigenvalue weighted by Gasteiger charge is -2.47. The molecule has 1 amide bonds. The predicted octanol–water partition coefficient (Wildman–Crippen LogP) is 3.12. The van der Waals surface area contributed by atoms with Gasteiger partial charge in [-0.1, -0.05) is 24.3 Å². The van der Waals surface area contributed by atoms with Gasteiger partial charge in [-0.2, -0.15) is 0 Å². The Balaban J connectivity index is 1.44. The number of hydrogen-bond acceptors (Lipinski definition) is 7. The molecule has 2 aromatic rings. The highest BCUT2D eigenvalue weighted by atomic mass is 32.2. The molecule has 4 rings (SSSR count). The van der Waals surface area contributed by atoms with E-state index in [4.69, 9.17) is 9.47 Å². The largest absolute Gasteiger partial charge is 0.507 e. The van der Waals surface area contributed by atoms with E-state index in [9.17, 15) is 14.7 Å². The van der Waals surface area contributed by atoms with Gasteiger partial charge in [0.25, 0.3) is 5.91 Å². The summed E-state index contributed by atoms with van der Waals surface area (Å²) in [7, 11) is 1.59. The quantitative estimate of drug-likeness (QED) is 0.424. The van der Waals surface area contributed by atoms with E-state index < -0.39 is 12.0 Å². The van der Waals surface area contributed by atoms with E-state index >= 15 is 0 Å². The zero-order valence-corrected chi connectivity index (χ0v) is 18.0. The minimum absolute atomic E-state index is 0.102. The molecule has 2 aliphatic rings. The number of nitrogens with zero attached hydrogens (tertiary/aromatic N) is 2. The number of esters is 1. The molecule has 0 saturated carbocycles. The number of rotatable bonds is 6. The highest BCUT2D eigenvalue weighted by Gasteiger charge is 2.53. The summed E-state index contributed by atoms with van der Waals surface area (Å²) in [6.07, 6.45) is 1.50. The topological polar surface area (TPSA) is 88.4 Å². The Kier molecular flexibility index (Phi) is 5.99. The van der Waals surface area contributed by atoms with Gasteiger partial charge in [-0.3, -0.25) is 14.7 Å². The fraction of sp³-hybridized carbons (Fsp3) is 0.261. The minimum Gasteiger partial charge on any atom is -0.507 e. The van der Waals surface area contributed by atoms with Crippen LogP contribution in [-0.2, 0) is 20.9 Å². The summed E-state index contributed by atoms with van der Waals surface area (Å²) in [5, 5.41) is 9.61. The molecule has 7 nitrogen and oxygen atoms in total. The van der Waals surface area contributed by atoms with Crippen LogP contribution in [0, 0.1) is 0 Å². The Hall–Kier alpha value is -3.26. The molecule has 0 bridgehead atoms. The van der Waals surface area contributed by atoms with Crippen LogP contribution in [0.5, 0.6) is 11.5 Å². The molecule has 2 aromatic carbocycles. The van der Waals surface area contributed by atoms with Gasteiger partial charge < -0.3 is 14.6 Å². The van der Waals surface area contributed by atoms with Crippen LogP contribution < -0.4 is 4.74 Å². The summed E-state index contributed by atoms with van der Waals surface area (Å²) < 4.78 is 10.6. The molecule has 31 heavy (non-hydrogen) atoms. The van der Waals surface area contributed by atoms with Gasteiger partial charge in [-0.05, 0) is 42.3 Å². The number of carbonyl (C=O) groups is 2. The number of para-hydroxylation sites is 1. The Morgan fingerprint density at radius 1 is 1.26 bits per heavy atom. The van der Waals surface area contributed by atoms with Crippen molar-refractivity contribution in [1.82, 2.24) is 4.90 Å². The number of benzene rings is 2. The van der Waals surface area contributed by atoms with Crippen LogP contribution in [0.1, 0.15) is 18.1 Å². The average Bonchev–Trinajstić information content (AvgIpc) is 2.79. The molecule has 1 unspecified atom stereocenters. The molecule has 2 aliphatic heterocycles. The van der Waals surface area contributed by atoms with Gasteiger partial charge >= 0.3 is 5.97 Å². The first-order valence-electron chi connectivity index (χ1n) is 9.75. The number of thioether (sulfide) groups is 1. The third-order valence-electron chi connectivity index (χ3n) is 5.16. The molecule has 1 fully saturated rings. The van der Waals surface area contributed by atoms with Crippen molar-refractivity contribution >= 4 is 29.9 Å². The number of aromatic hydroxyl groups is 1. The number of hydrogen-bond donors (Lipinski definition) is 1. The average molecular weight is 439 g/mol. The Morgan fingerprint density at radius 2 is 2.00 bits per heavy atom. The zero-order chi connectivity index (χ0) is 22.0. The van der Waals surface area contributed by atoms with E-state index in [0.29, 0.717) is 17.0 Å². The Bertz CT molecular complexity index is 1060. The number of methoxy groups -OCH3 is 1. The van der Waals surface area contributed by atoms with Crippen molar-refractivity contribution < 1.29 is 24.2 Å². The third-order valence-corrected chi connectivity index (χ3v) is 6.57. The first kappa shape index (κ1) is 21.0. The number of phenolic OH excluding ortho intramolecular Hbond substituents is 1. The van der Waals surface area contributed by atoms with Crippen LogP contribution in [0.15, 0.2) is 64.8 Å². The van der Waals surface area contributed by atoms with Gasteiger partial charge in [-0.25, -0.2) is 4.79 Å². The van der Waals surface area contributed by atoms with Gasteiger partial charge in [0, 0.05) is 17.5 Å². The summed E-state index contributed by atoms with van der Waals surface area (Å²) in [6.45, 7) is 1.94. The molecule has 0 aliphatic carbocycles. The second-order valence-corrected chi connectivity index (χ2v) is 8.35. The van der Waals surface area contributed by atoms with E-state index in [2.05, 4.69) is 4.99 Å². The first-order valence-corrected chi connectivity index (χ1v) is 10.8. The maximum atomic E-state index is 12.8. The van der Waals surface area contributed by atoms with Crippen molar-refractivity contribution in [2.75, 3.05) is 12.9 Å². The smallest absolute Gasteiger partial charge is 0.355 e. The lowest BCUT2D eigenvalue weighted by molar-refractivity contribution is -0.151. The van der Waals surface area contributed by atoms with Crippen molar-refractivity contribution in [2.24, 2.45) is 4.99 Å². The molecule has 0 spiro atoms. The Labute approximate surface area is 184 Å². The van der Waals surface area contributed by atoms with Crippen molar-refractivity contribution in [1.29, 1.82) is 0 Å². The monoisotopic (exact) mass is 438 g/mol. The molecule has 0 aromatic heterocycles. The summed E-state index contributed by atoms with van der Waals surface area (Å²) >= 11 is 1.56. The molecular formula is C23H22N2O5S. The number of fused-ring (bicyclic) bond motifs is 1. The normalized spacial score (nSPS) is 20.5. The number of aliphatic imine (C=N–C) groups is 1. The number of carbonyl (C=O) groups excluding carboxylic acids is 2. The van der Waals surface area contributed by atoms with E-state index in [1.54, 1.807) is 55.3 Å². The summed E-state index contributed by atoms with van der Waals surface area (Å²) in [5.74, 6) is 0.672. The lowest BCUT2D eigenvalue weighted by atomic mass is 10.0.